The number of thiocarbonyl (C=S) groups is 1. The van der Waals surface area contributed by atoms with E-state index in [9.17, 15) is 9.59 Å². The van der Waals surface area contributed by atoms with Crippen molar-refractivity contribution < 1.29 is 14.3 Å². The summed E-state index contributed by atoms with van der Waals surface area (Å²) in [7, 11) is 0. The fourth-order valence-corrected chi connectivity index (χ4v) is 3.55. The Balaban J connectivity index is 2.02. The van der Waals surface area contributed by atoms with Gasteiger partial charge in [0, 0.05) is 5.02 Å². The summed E-state index contributed by atoms with van der Waals surface area (Å²) >= 11 is 11.3. The summed E-state index contributed by atoms with van der Waals surface area (Å²) in [6.45, 7) is 5.97. The minimum Gasteiger partial charge on any atom is -0.461 e. The van der Waals surface area contributed by atoms with E-state index in [-0.39, 0.29) is 29.3 Å². The molecule has 7 nitrogen and oxygen atoms in total. The van der Waals surface area contributed by atoms with Crippen molar-refractivity contribution in [2.75, 3.05) is 6.61 Å². The normalized spacial score (nSPS) is 20.2. The van der Waals surface area contributed by atoms with E-state index >= 15 is 0 Å². The van der Waals surface area contributed by atoms with Crippen LogP contribution in [0, 0.1) is 5.92 Å². The van der Waals surface area contributed by atoms with Crippen molar-refractivity contribution in [1.29, 1.82) is 0 Å². The highest BCUT2D eigenvalue weighted by atomic mass is 35.5. The summed E-state index contributed by atoms with van der Waals surface area (Å²) in [5, 5.41) is 11.8. The molecule has 9 heteroatoms. The van der Waals surface area contributed by atoms with Crippen molar-refractivity contribution in [3.63, 3.8) is 0 Å². The summed E-state index contributed by atoms with van der Waals surface area (Å²) < 4.78 is 5.12. The first-order valence-corrected chi connectivity index (χ1v) is 10.0. The number of nitrogens with zero attached hydrogens (tertiary/aromatic N) is 3. The number of hydrogen-bond donors (Lipinski definition) is 1. The van der Waals surface area contributed by atoms with Gasteiger partial charge in [-0.3, -0.25) is 9.69 Å². The van der Waals surface area contributed by atoms with E-state index in [4.69, 9.17) is 28.6 Å². The van der Waals surface area contributed by atoms with Gasteiger partial charge in [0.1, 0.15) is 6.04 Å². The van der Waals surface area contributed by atoms with Gasteiger partial charge in [-0.15, -0.1) is 10.2 Å². The Morgan fingerprint density at radius 2 is 2.03 bits per heavy atom. The van der Waals surface area contributed by atoms with E-state index in [0.717, 1.165) is 5.56 Å². The Bertz CT molecular complexity index is 938. The lowest BCUT2D eigenvalue weighted by Crippen LogP contribution is -2.42. The average Bonchev–Trinajstić information content (AvgIpc) is 3.17. The zero-order chi connectivity index (χ0) is 21.1. The lowest BCUT2D eigenvalue weighted by molar-refractivity contribution is -0.134. The lowest BCUT2D eigenvalue weighted by Gasteiger charge is -2.25. The van der Waals surface area contributed by atoms with Crippen LogP contribution in [0.1, 0.15) is 32.8 Å². The molecule has 0 aromatic heterocycles. The number of ether oxygens (including phenoxy) is 1. The molecule has 152 valence electrons. The molecule has 0 spiro atoms. The maximum atomic E-state index is 12.4. The van der Waals surface area contributed by atoms with E-state index in [0.29, 0.717) is 22.9 Å². The minimum atomic E-state index is -0.587. The van der Waals surface area contributed by atoms with Crippen LogP contribution in [0.5, 0.6) is 0 Å². The van der Waals surface area contributed by atoms with Crippen LogP contribution >= 0.6 is 23.8 Å². The standard InChI is InChI=1S/C20H21ClN4O3S/c1-4-28-19(27)16-14(10-12-5-7-13(21)8-6-12)17(24-23-16)25-15(9-11(2)3)18(26)22-20(25)29/h5-8,10-11,15H,4,9H2,1-3H3,(H,22,26,29)/b14-10-. The topological polar surface area (TPSA) is 83.4 Å². The van der Waals surface area contributed by atoms with Crippen molar-refractivity contribution in [1.82, 2.24) is 10.2 Å². The molecule has 0 bridgehead atoms. The number of hydrogen-bond acceptors (Lipinski definition) is 6. The Kier molecular flexibility index (Phi) is 6.44. The molecule has 2 heterocycles. The molecule has 2 aliphatic rings. The number of carbonyl (C=O) groups is 2. The number of rotatable bonds is 5. The highest BCUT2D eigenvalue weighted by Crippen LogP contribution is 2.26. The van der Waals surface area contributed by atoms with Gasteiger partial charge in [-0.2, -0.15) is 0 Å². The van der Waals surface area contributed by atoms with Crippen molar-refractivity contribution in [2.45, 2.75) is 33.2 Å². The third kappa shape index (κ3) is 4.54. The molecule has 1 aromatic carbocycles. The fourth-order valence-electron chi connectivity index (χ4n) is 3.11. The second-order valence-corrected chi connectivity index (χ2v) is 7.84. The minimum absolute atomic E-state index is 0.0715. The number of nitrogens with one attached hydrogen (secondary N) is 1. The van der Waals surface area contributed by atoms with Gasteiger partial charge < -0.3 is 10.1 Å². The number of amides is 1. The number of amidine groups is 1. The van der Waals surface area contributed by atoms with Crippen molar-refractivity contribution in [3.05, 3.63) is 40.4 Å². The third-order valence-corrected chi connectivity index (χ3v) is 4.93. The Labute approximate surface area is 179 Å². The van der Waals surface area contributed by atoms with Gasteiger partial charge in [-0.1, -0.05) is 37.6 Å². The molecule has 1 fully saturated rings. The van der Waals surface area contributed by atoms with E-state index < -0.39 is 12.0 Å². The molecular formula is C20H21ClN4O3S. The molecule has 0 radical (unpaired) electrons. The molecule has 29 heavy (non-hydrogen) atoms. The van der Waals surface area contributed by atoms with Gasteiger partial charge in [0.15, 0.2) is 16.7 Å². The number of halogens is 1. The van der Waals surface area contributed by atoms with Gasteiger partial charge in [0.05, 0.1) is 12.2 Å². The molecule has 1 atom stereocenters. The summed E-state index contributed by atoms with van der Waals surface area (Å²) in [6, 6.07) is 6.59. The molecule has 0 saturated carbocycles. The number of benzene rings is 1. The van der Waals surface area contributed by atoms with E-state index in [1.54, 1.807) is 30.0 Å². The first kappa shape index (κ1) is 21.1. The lowest BCUT2D eigenvalue weighted by atomic mass is 10.0. The van der Waals surface area contributed by atoms with Crippen LogP contribution in [0.25, 0.3) is 6.08 Å². The van der Waals surface area contributed by atoms with E-state index in [1.165, 1.54) is 0 Å². The van der Waals surface area contributed by atoms with Crippen LogP contribution in [-0.2, 0) is 14.3 Å². The zero-order valence-electron chi connectivity index (χ0n) is 16.3. The highest BCUT2D eigenvalue weighted by molar-refractivity contribution is 7.80. The summed E-state index contributed by atoms with van der Waals surface area (Å²) in [5.41, 5.74) is 1.31. The zero-order valence-corrected chi connectivity index (χ0v) is 17.9. The Hall–Kier alpha value is -2.58. The fraction of sp³-hybridized carbons (Fsp3) is 0.350. The first-order valence-electron chi connectivity index (χ1n) is 9.26. The van der Waals surface area contributed by atoms with Crippen LogP contribution < -0.4 is 5.32 Å². The molecule has 1 N–H and O–H groups in total. The predicted octanol–water partition coefficient (Wildman–Crippen LogP) is 3.19. The van der Waals surface area contributed by atoms with Crippen molar-refractivity contribution in [3.8, 4) is 0 Å². The molecular weight excluding hydrogens is 412 g/mol. The first-order chi connectivity index (χ1) is 13.8. The third-order valence-electron chi connectivity index (χ3n) is 4.38. The molecule has 0 aliphatic carbocycles. The highest BCUT2D eigenvalue weighted by Gasteiger charge is 2.43. The summed E-state index contributed by atoms with van der Waals surface area (Å²) in [6.07, 6.45) is 2.34. The van der Waals surface area contributed by atoms with Crippen LogP contribution in [0.15, 0.2) is 40.0 Å². The van der Waals surface area contributed by atoms with Gasteiger partial charge in [0.25, 0.3) is 0 Å². The number of carbonyl (C=O) groups excluding carboxylic acids is 2. The van der Waals surface area contributed by atoms with Gasteiger partial charge in [-0.05, 0) is 55.3 Å². The van der Waals surface area contributed by atoms with Crippen LogP contribution in [0.4, 0.5) is 0 Å². The Morgan fingerprint density at radius 3 is 2.66 bits per heavy atom. The van der Waals surface area contributed by atoms with Crippen LogP contribution in [-0.4, -0.2) is 46.1 Å². The molecule has 1 saturated heterocycles. The SMILES string of the molecule is CCOC(=O)C1=NN=C(N2C(=S)NC(=O)C2CC(C)C)/C1=C\c1ccc(Cl)cc1. The van der Waals surface area contributed by atoms with Gasteiger partial charge >= 0.3 is 5.97 Å². The summed E-state index contributed by atoms with van der Waals surface area (Å²) in [4.78, 5) is 26.5. The van der Waals surface area contributed by atoms with E-state index in [1.807, 2.05) is 26.0 Å². The monoisotopic (exact) mass is 432 g/mol. The van der Waals surface area contributed by atoms with Crippen molar-refractivity contribution in [2.24, 2.45) is 16.1 Å². The maximum absolute atomic E-state index is 12.4. The predicted molar refractivity (Wildman–Crippen MR) is 117 cm³/mol. The number of esters is 1. The maximum Gasteiger partial charge on any atom is 0.359 e. The molecule has 3 rings (SSSR count). The average molecular weight is 433 g/mol. The largest absolute Gasteiger partial charge is 0.461 e. The smallest absolute Gasteiger partial charge is 0.359 e. The van der Waals surface area contributed by atoms with Crippen molar-refractivity contribution >= 4 is 58.4 Å². The van der Waals surface area contributed by atoms with Crippen LogP contribution in [0.3, 0.4) is 0 Å². The van der Waals surface area contributed by atoms with E-state index in [2.05, 4.69) is 15.5 Å². The molecule has 1 unspecified atom stereocenters. The second kappa shape index (κ2) is 8.84. The Morgan fingerprint density at radius 1 is 1.34 bits per heavy atom. The second-order valence-electron chi connectivity index (χ2n) is 7.01. The molecule has 2 aliphatic heterocycles. The molecule has 1 aromatic rings. The summed E-state index contributed by atoms with van der Waals surface area (Å²) in [5.74, 6) is -0.180. The van der Waals surface area contributed by atoms with Crippen LogP contribution in [0.2, 0.25) is 5.02 Å². The van der Waals surface area contributed by atoms with Gasteiger partial charge in [0.2, 0.25) is 5.91 Å². The quantitative estimate of drug-likeness (QED) is 0.570. The van der Waals surface area contributed by atoms with Gasteiger partial charge in [-0.25, -0.2) is 4.79 Å². The molecule has 1 amide bonds.